The average Bonchev–Trinajstić information content (AvgIpc) is 2.79. The SMILES string of the molecule is COc1cc(OC)c(NC(=O)N(S)c2ccc(NC(=O)c3cccc(F)c3)cc2)cc1Cl. The second-order valence-electron chi connectivity index (χ2n) is 6.44. The smallest absolute Gasteiger partial charge is 0.336 e. The first-order valence-corrected chi connectivity index (χ1v) is 9.98. The number of carbonyl (C=O) groups excluding carboxylic acids is 2. The van der Waals surface area contributed by atoms with Gasteiger partial charge in [-0.25, -0.2) is 13.5 Å². The molecule has 3 aromatic carbocycles. The molecule has 3 aromatic rings. The fourth-order valence-corrected chi connectivity index (χ4v) is 3.19. The van der Waals surface area contributed by atoms with Crippen LogP contribution in [0.5, 0.6) is 11.5 Å². The first kappa shape index (κ1) is 23.2. The lowest BCUT2D eigenvalue weighted by Crippen LogP contribution is -2.27. The second-order valence-corrected chi connectivity index (χ2v) is 7.25. The quantitative estimate of drug-likeness (QED) is 0.403. The monoisotopic (exact) mass is 475 g/mol. The van der Waals surface area contributed by atoms with Crippen LogP contribution in [0.25, 0.3) is 0 Å². The van der Waals surface area contributed by atoms with Gasteiger partial charge < -0.3 is 20.1 Å². The lowest BCUT2D eigenvalue weighted by atomic mass is 10.2. The summed E-state index contributed by atoms with van der Waals surface area (Å²) in [6.07, 6.45) is 0. The topological polar surface area (TPSA) is 79.9 Å². The van der Waals surface area contributed by atoms with Gasteiger partial charge in [-0.2, -0.15) is 0 Å². The molecule has 0 bridgehead atoms. The van der Waals surface area contributed by atoms with Gasteiger partial charge in [0.2, 0.25) is 0 Å². The highest BCUT2D eigenvalue weighted by Gasteiger charge is 2.17. The van der Waals surface area contributed by atoms with Gasteiger partial charge in [0, 0.05) is 17.3 Å². The Morgan fingerprint density at radius 2 is 1.66 bits per heavy atom. The van der Waals surface area contributed by atoms with Crippen molar-refractivity contribution in [3.63, 3.8) is 0 Å². The third-order valence-electron chi connectivity index (χ3n) is 4.36. The molecule has 0 unspecified atom stereocenters. The van der Waals surface area contributed by atoms with Crippen molar-refractivity contribution < 1.29 is 23.5 Å². The van der Waals surface area contributed by atoms with Crippen molar-refractivity contribution in [1.29, 1.82) is 0 Å². The molecule has 0 aliphatic heterocycles. The minimum absolute atomic E-state index is 0.191. The number of hydrogen-bond acceptors (Lipinski definition) is 5. The molecule has 3 rings (SSSR count). The molecule has 0 saturated carbocycles. The second kappa shape index (κ2) is 10.3. The predicted octanol–water partition coefficient (Wildman–Crippen LogP) is 5.63. The van der Waals surface area contributed by atoms with Gasteiger partial charge in [-0.15, -0.1) is 0 Å². The molecule has 0 aliphatic rings. The van der Waals surface area contributed by atoms with Gasteiger partial charge in [-0.05, 0) is 48.5 Å². The van der Waals surface area contributed by atoms with Crippen molar-refractivity contribution >= 4 is 53.4 Å². The Morgan fingerprint density at radius 1 is 0.969 bits per heavy atom. The summed E-state index contributed by atoms with van der Waals surface area (Å²) in [5.74, 6) is -0.197. The molecule has 7 nitrogen and oxygen atoms in total. The predicted molar refractivity (Wildman–Crippen MR) is 126 cm³/mol. The number of halogens is 2. The van der Waals surface area contributed by atoms with Gasteiger partial charge in [0.05, 0.1) is 30.6 Å². The molecular formula is C22H19ClFN3O4S. The van der Waals surface area contributed by atoms with Crippen LogP contribution in [0.2, 0.25) is 5.02 Å². The van der Waals surface area contributed by atoms with E-state index in [9.17, 15) is 14.0 Å². The highest BCUT2D eigenvalue weighted by Crippen LogP contribution is 2.36. The molecule has 0 aliphatic carbocycles. The minimum Gasteiger partial charge on any atom is -0.495 e. The number of anilines is 3. The highest BCUT2D eigenvalue weighted by molar-refractivity contribution is 7.82. The summed E-state index contributed by atoms with van der Waals surface area (Å²) < 4.78 is 24.8. The Hall–Kier alpha value is -3.43. The lowest BCUT2D eigenvalue weighted by Gasteiger charge is -2.19. The zero-order chi connectivity index (χ0) is 23.3. The molecule has 166 valence electrons. The summed E-state index contributed by atoms with van der Waals surface area (Å²) in [6.45, 7) is 0. The van der Waals surface area contributed by atoms with Crippen molar-refractivity contribution in [3.05, 3.63) is 77.1 Å². The molecule has 2 N–H and O–H groups in total. The van der Waals surface area contributed by atoms with Crippen LogP contribution in [0, 0.1) is 5.82 Å². The fraction of sp³-hybridized carbons (Fsp3) is 0.0909. The Balaban J connectivity index is 1.69. The number of benzene rings is 3. The number of amides is 3. The molecular weight excluding hydrogens is 457 g/mol. The first-order valence-electron chi connectivity index (χ1n) is 9.21. The first-order chi connectivity index (χ1) is 15.3. The van der Waals surface area contributed by atoms with Crippen LogP contribution in [-0.2, 0) is 0 Å². The summed E-state index contributed by atoms with van der Waals surface area (Å²) in [6, 6.07) is 14.2. The van der Waals surface area contributed by atoms with Crippen molar-refractivity contribution in [2.75, 3.05) is 29.2 Å². The van der Waals surface area contributed by atoms with Gasteiger partial charge in [0.25, 0.3) is 5.91 Å². The number of ether oxygens (including phenoxy) is 2. The maximum Gasteiger partial charge on any atom is 0.336 e. The standard InChI is InChI=1S/C22H19ClFN3O4S/c1-30-19-12-20(31-2)18(11-17(19)23)26-22(29)27(32)16-8-6-15(7-9-16)25-21(28)13-4-3-5-14(24)10-13/h3-12,32H,1-2H3,(H,25,28)(H,26,29). The third-order valence-corrected chi connectivity index (χ3v) is 5.07. The number of rotatable bonds is 6. The van der Waals surface area contributed by atoms with Crippen LogP contribution in [-0.4, -0.2) is 26.2 Å². The molecule has 0 atom stereocenters. The van der Waals surface area contributed by atoms with E-state index >= 15 is 0 Å². The Morgan fingerprint density at radius 3 is 2.28 bits per heavy atom. The number of nitrogens with one attached hydrogen (secondary N) is 2. The van der Waals surface area contributed by atoms with Crippen LogP contribution < -0.4 is 24.4 Å². The van der Waals surface area contributed by atoms with Gasteiger partial charge in [-0.1, -0.05) is 30.5 Å². The molecule has 0 spiro atoms. The molecule has 0 radical (unpaired) electrons. The normalized spacial score (nSPS) is 10.3. The lowest BCUT2D eigenvalue weighted by molar-refractivity contribution is 0.102. The summed E-state index contributed by atoms with van der Waals surface area (Å²) in [5, 5.41) is 5.62. The maximum absolute atomic E-state index is 13.3. The Kier molecular flexibility index (Phi) is 7.45. The molecule has 32 heavy (non-hydrogen) atoms. The van der Waals surface area contributed by atoms with E-state index in [4.69, 9.17) is 21.1 Å². The van der Waals surface area contributed by atoms with E-state index in [-0.39, 0.29) is 5.56 Å². The van der Waals surface area contributed by atoms with Gasteiger partial charge >= 0.3 is 6.03 Å². The van der Waals surface area contributed by atoms with Gasteiger partial charge in [0.15, 0.2) is 0 Å². The van der Waals surface area contributed by atoms with Crippen molar-refractivity contribution in [3.8, 4) is 11.5 Å². The van der Waals surface area contributed by atoms with Crippen LogP contribution in [0.4, 0.5) is 26.2 Å². The molecule has 0 saturated heterocycles. The molecule has 0 fully saturated rings. The van der Waals surface area contributed by atoms with E-state index in [0.29, 0.717) is 33.6 Å². The number of carbonyl (C=O) groups is 2. The van der Waals surface area contributed by atoms with E-state index in [2.05, 4.69) is 23.4 Å². The highest BCUT2D eigenvalue weighted by atomic mass is 35.5. The number of methoxy groups -OCH3 is 2. The summed E-state index contributed by atoms with van der Waals surface area (Å²) >= 11 is 10.4. The van der Waals surface area contributed by atoms with Gasteiger partial charge in [0.1, 0.15) is 17.3 Å². The summed E-state index contributed by atoms with van der Waals surface area (Å²) in [4.78, 5) is 24.9. The number of thiol groups is 1. The van der Waals surface area contributed by atoms with Gasteiger partial charge in [-0.3, -0.25) is 4.79 Å². The Labute approximate surface area is 194 Å². The van der Waals surface area contributed by atoms with Crippen LogP contribution in [0.1, 0.15) is 10.4 Å². The number of hydrogen-bond donors (Lipinski definition) is 3. The van der Waals surface area contributed by atoms with E-state index in [1.165, 1.54) is 38.5 Å². The van der Waals surface area contributed by atoms with Crippen LogP contribution in [0.15, 0.2) is 60.7 Å². The molecule has 10 heteroatoms. The van der Waals surface area contributed by atoms with E-state index < -0.39 is 17.8 Å². The number of urea groups is 1. The van der Waals surface area contributed by atoms with Crippen molar-refractivity contribution in [1.82, 2.24) is 0 Å². The molecule has 0 heterocycles. The van der Waals surface area contributed by atoms with Crippen molar-refractivity contribution in [2.45, 2.75) is 0 Å². The summed E-state index contributed by atoms with van der Waals surface area (Å²) in [7, 11) is 2.92. The average molecular weight is 476 g/mol. The number of nitrogens with zero attached hydrogens (tertiary/aromatic N) is 1. The zero-order valence-corrected chi connectivity index (χ0v) is 18.7. The zero-order valence-electron chi connectivity index (χ0n) is 17.1. The summed E-state index contributed by atoms with van der Waals surface area (Å²) in [5.41, 5.74) is 1.43. The molecule has 0 aromatic heterocycles. The van der Waals surface area contributed by atoms with Crippen LogP contribution in [0.3, 0.4) is 0 Å². The largest absolute Gasteiger partial charge is 0.495 e. The fourth-order valence-electron chi connectivity index (χ4n) is 2.76. The van der Waals surface area contributed by atoms with Crippen LogP contribution >= 0.6 is 24.4 Å². The van der Waals surface area contributed by atoms with E-state index in [0.717, 1.165) is 10.4 Å². The van der Waals surface area contributed by atoms with E-state index in [1.807, 2.05) is 0 Å². The van der Waals surface area contributed by atoms with Crippen molar-refractivity contribution in [2.24, 2.45) is 0 Å². The third kappa shape index (κ3) is 5.43. The minimum atomic E-state index is -0.565. The maximum atomic E-state index is 13.3. The Bertz CT molecular complexity index is 1140. The van der Waals surface area contributed by atoms with E-state index in [1.54, 1.807) is 30.3 Å². The molecule has 3 amide bonds.